The van der Waals surface area contributed by atoms with Crippen LogP contribution in [0.1, 0.15) is 18.1 Å². The van der Waals surface area contributed by atoms with E-state index in [1.807, 2.05) is 50.2 Å². The fourth-order valence-corrected chi connectivity index (χ4v) is 2.12. The summed E-state index contributed by atoms with van der Waals surface area (Å²) in [6.07, 6.45) is -0.590. The molecule has 0 fully saturated rings. The Morgan fingerprint density at radius 3 is 2.59 bits per heavy atom. The Hall–Kier alpha value is -2.49. The second-order valence-corrected chi connectivity index (χ2v) is 5.25. The van der Waals surface area contributed by atoms with E-state index >= 15 is 0 Å². The Balaban J connectivity index is 2.02. The zero-order valence-electron chi connectivity index (χ0n) is 13.3. The zero-order chi connectivity index (χ0) is 16.1. The van der Waals surface area contributed by atoms with Gasteiger partial charge in [0.15, 0.2) is 6.10 Å². The fourth-order valence-electron chi connectivity index (χ4n) is 2.12. The Kier molecular flexibility index (Phi) is 5.04. The minimum Gasteiger partial charge on any atom is -0.497 e. The molecule has 1 amide bonds. The van der Waals surface area contributed by atoms with Crippen LogP contribution in [0.25, 0.3) is 0 Å². The van der Waals surface area contributed by atoms with Gasteiger partial charge in [0, 0.05) is 11.8 Å². The van der Waals surface area contributed by atoms with Crippen LogP contribution in [0.3, 0.4) is 0 Å². The topological polar surface area (TPSA) is 47.6 Å². The van der Waals surface area contributed by atoms with Gasteiger partial charge in [-0.1, -0.05) is 23.8 Å². The first-order valence-corrected chi connectivity index (χ1v) is 7.18. The number of anilines is 1. The van der Waals surface area contributed by atoms with E-state index in [0.29, 0.717) is 11.4 Å². The fraction of sp³-hybridized carbons (Fsp3) is 0.278. The molecule has 0 saturated carbocycles. The maximum absolute atomic E-state index is 12.2. The molecule has 0 unspecified atom stereocenters. The number of nitrogens with one attached hydrogen (secondary N) is 1. The lowest BCUT2D eigenvalue weighted by Gasteiger charge is -2.16. The van der Waals surface area contributed by atoms with Crippen LogP contribution in [0.4, 0.5) is 5.69 Å². The average Bonchev–Trinajstić information content (AvgIpc) is 2.50. The Morgan fingerprint density at radius 2 is 1.91 bits per heavy atom. The Labute approximate surface area is 131 Å². The van der Waals surface area contributed by atoms with E-state index in [2.05, 4.69) is 5.32 Å². The van der Waals surface area contributed by atoms with Gasteiger partial charge in [0.05, 0.1) is 7.11 Å². The molecule has 0 aliphatic rings. The highest BCUT2D eigenvalue weighted by atomic mass is 16.5. The maximum atomic E-state index is 12.2. The average molecular weight is 299 g/mol. The number of benzene rings is 2. The van der Waals surface area contributed by atoms with Crippen molar-refractivity contribution in [2.45, 2.75) is 26.9 Å². The molecular weight excluding hydrogens is 278 g/mol. The van der Waals surface area contributed by atoms with Crippen LogP contribution < -0.4 is 14.8 Å². The van der Waals surface area contributed by atoms with Crippen LogP contribution in [-0.2, 0) is 4.79 Å². The number of methoxy groups -OCH3 is 1. The van der Waals surface area contributed by atoms with Crippen molar-refractivity contribution in [1.29, 1.82) is 0 Å². The number of rotatable bonds is 5. The quantitative estimate of drug-likeness (QED) is 0.915. The first-order chi connectivity index (χ1) is 10.5. The van der Waals surface area contributed by atoms with E-state index in [0.717, 1.165) is 11.3 Å². The number of ether oxygens (including phenoxy) is 2. The van der Waals surface area contributed by atoms with Crippen molar-refractivity contribution in [2.24, 2.45) is 0 Å². The van der Waals surface area contributed by atoms with E-state index in [1.165, 1.54) is 5.56 Å². The van der Waals surface area contributed by atoms with Gasteiger partial charge in [0.1, 0.15) is 11.5 Å². The van der Waals surface area contributed by atoms with E-state index in [-0.39, 0.29) is 5.91 Å². The third-order valence-corrected chi connectivity index (χ3v) is 3.34. The maximum Gasteiger partial charge on any atom is 0.265 e. The second-order valence-electron chi connectivity index (χ2n) is 5.25. The SMILES string of the molecule is COc1cccc(NC(=O)[C@H](C)Oc2ccc(C)cc2C)c1. The molecule has 22 heavy (non-hydrogen) atoms. The molecule has 0 radical (unpaired) electrons. The van der Waals surface area contributed by atoms with E-state index in [9.17, 15) is 4.79 Å². The predicted molar refractivity (Wildman–Crippen MR) is 87.6 cm³/mol. The largest absolute Gasteiger partial charge is 0.497 e. The van der Waals surface area contributed by atoms with Crippen molar-refractivity contribution in [3.63, 3.8) is 0 Å². The molecule has 1 atom stereocenters. The van der Waals surface area contributed by atoms with Crippen molar-refractivity contribution < 1.29 is 14.3 Å². The molecular formula is C18H21NO3. The highest BCUT2D eigenvalue weighted by molar-refractivity contribution is 5.94. The van der Waals surface area contributed by atoms with Gasteiger partial charge in [0.25, 0.3) is 5.91 Å². The number of aryl methyl sites for hydroxylation is 2. The molecule has 0 aliphatic heterocycles. The van der Waals surface area contributed by atoms with Gasteiger partial charge in [-0.25, -0.2) is 0 Å². The summed E-state index contributed by atoms with van der Waals surface area (Å²) in [6, 6.07) is 13.1. The monoisotopic (exact) mass is 299 g/mol. The summed E-state index contributed by atoms with van der Waals surface area (Å²) in [7, 11) is 1.59. The van der Waals surface area contributed by atoms with Crippen LogP contribution in [-0.4, -0.2) is 19.1 Å². The Bertz CT molecular complexity index is 667. The first kappa shape index (κ1) is 15.9. The van der Waals surface area contributed by atoms with Gasteiger partial charge in [-0.15, -0.1) is 0 Å². The number of carbonyl (C=O) groups excluding carboxylic acids is 1. The lowest BCUT2D eigenvalue weighted by molar-refractivity contribution is -0.122. The van der Waals surface area contributed by atoms with Gasteiger partial charge in [-0.3, -0.25) is 4.79 Å². The molecule has 0 heterocycles. The predicted octanol–water partition coefficient (Wildman–Crippen LogP) is 3.72. The molecule has 0 bridgehead atoms. The third kappa shape index (κ3) is 4.01. The third-order valence-electron chi connectivity index (χ3n) is 3.34. The van der Waals surface area contributed by atoms with Crippen LogP contribution in [0, 0.1) is 13.8 Å². The summed E-state index contributed by atoms with van der Waals surface area (Å²) in [5.41, 5.74) is 2.86. The summed E-state index contributed by atoms with van der Waals surface area (Å²) in [5.74, 6) is 1.22. The minimum atomic E-state index is -0.590. The normalized spacial score (nSPS) is 11.6. The Morgan fingerprint density at radius 1 is 1.14 bits per heavy atom. The van der Waals surface area contributed by atoms with Crippen molar-refractivity contribution in [3.05, 3.63) is 53.6 Å². The summed E-state index contributed by atoms with van der Waals surface area (Å²) >= 11 is 0. The minimum absolute atomic E-state index is 0.201. The summed E-state index contributed by atoms with van der Waals surface area (Å²) in [5, 5.41) is 2.82. The number of hydrogen-bond donors (Lipinski definition) is 1. The van der Waals surface area contributed by atoms with E-state index < -0.39 is 6.10 Å². The first-order valence-electron chi connectivity index (χ1n) is 7.18. The van der Waals surface area contributed by atoms with Crippen LogP contribution in [0.15, 0.2) is 42.5 Å². The molecule has 2 rings (SSSR count). The number of hydrogen-bond acceptors (Lipinski definition) is 3. The van der Waals surface area contributed by atoms with Crippen molar-refractivity contribution in [1.82, 2.24) is 0 Å². The molecule has 2 aromatic carbocycles. The standard InChI is InChI=1S/C18H21NO3/c1-12-8-9-17(13(2)10-12)22-14(3)18(20)19-15-6-5-7-16(11-15)21-4/h5-11,14H,1-4H3,(H,19,20)/t14-/m0/s1. The summed E-state index contributed by atoms with van der Waals surface area (Å²) in [6.45, 7) is 5.72. The van der Waals surface area contributed by atoms with E-state index in [4.69, 9.17) is 9.47 Å². The molecule has 1 N–H and O–H groups in total. The second kappa shape index (κ2) is 6.98. The van der Waals surface area contributed by atoms with Crippen molar-refractivity contribution in [3.8, 4) is 11.5 Å². The van der Waals surface area contributed by atoms with E-state index in [1.54, 1.807) is 20.1 Å². The molecule has 0 saturated heterocycles. The lowest BCUT2D eigenvalue weighted by Crippen LogP contribution is -2.30. The van der Waals surface area contributed by atoms with Crippen LogP contribution in [0.2, 0.25) is 0 Å². The molecule has 0 spiro atoms. The molecule has 2 aromatic rings. The van der Waals surface area contributed by atoms with Gasteiger partial charge in [-0.05, 0) is 44.5 Å². The van der Waals surface area contributed by atoms with Crippen molar-refractivity contribution >= 4 is 11.6 Å². The molecule has 0 aromatic heterocycles. The van der Waals surface area contributed by atoms with Gasteiger partial charge >= 0.3 is 0 Å². The van der Waals surface area contributed by atoms with Gasteiger partial charge in [0.2, 0.25) is 0 Å². The highest BCUT2D eigenvalue weighted by Crippen LogP contribution is 2.21. The van der Waals surface area contributed by atoms with Crippen molar-refractivity contribution in [2.75, 3.05) is 12.4 Å². The number of carbonyl (C=O) groups is 1. The molecule has 4 nitrogen and oxygen atoms in total. The van der Waals surface area contributed by atoms with Crippen LogP contribution >= 0.6 is 0 Å². The molecule has 116 valence electrons. The summed E-state index contributed by atoms with van der Waals surface area (Å²) in [4.78, 5) is 12.2. The lowest BCUT2D eigenvalue weighted by atomic mass is 10.1. The van der Waals surface area contributed by atoms with Gasteiger partial charge < -0.3 is 14.8 Å². The summed E-state index contributed by atoms with van der Waals surface area (Å²) < 4.78 is 10.9. The highest BCUT2D eigenvalue weighted by Gasteiger charge is 2.16. The smallest absolute Gasteiger partial charge is 0.265 e. The van der Waals surface area contributed by atoms with Crippen LogP contribution in [0.5, 0.6) is 11.5 Å². The molecule has 4 heteroatoms. The van der Waals surface area contributed by atoms with Gasteiger partial charge in [-0.2, -0.15) is 0 Å². The molecule has 0 aliphatic carbocycles. The number of amides is 1. The zero-order valence-corrected chi connectivity index (χ0v) is 13.3.